The van der Waals surface area contributed by atoms with E-state index in [9.17, 15) is 9.59 Å². The Labute approximate surface area is 135 Å². The molecule has 0 aliphatic carbocycles. The average Bonchev–Trinajstić information content (AvgIpc) is 2.55. The number of aliphatic hydroxyl groups is 1. The Hall–Kier alpha value is -2.11. The van der Waals surface area contributed by atoms with E-state index in [0.717, 1.165) is 4.90 Å². The number of rotatable bonds is 3. The molecule has 0 aromatic heterocycles. The van der Waals surface area contributed by atoms with Crippen LogP contribution in [0.1, 0.15) is 33.2 Å². The average molecular weight is 318 g/mol. The zero-order chi connectivity index (χ0) is 16.5. The Bertz CT molecular complexity index is 635. The predicted molar refractivity (Wildman–Crippen MR) is 87.7 cm³/mol. The van der Waals surface area contributed by atoms with Crippen molar-refractivity contribution in [2.75, 3.05) is 13.7 Å². The Morgan fingerprint density at radius 1 is 1.05 bits per heavy atom. The van der Waals surface area contributed by atoms with Crippen LogP contribution in [-0.4, -0.2) is 30.6 Å². The summed E-state index contributed by atoms with van der Waals surface area (Å²) < 4.78 is 4.68. The molecule has 4 nitrogen and oxygen atoms in total. The number of methoxy groups -OCH3 is 1. The van der Waals surface area contributed by atoms with Crippen LogP contribution >= 0.6 is 12.6 Å². The number of hydrogen-bond donors (Lipinski definition) is 2. The molecule has 0 amide bonds. The van der Waals surface area contributed by atoms with Crippen molar-refractivity contribution in [3.8, 4) is 0 Å². The second-order valence-electron chi connectivity index (χ2n) is 4.23. The first-order valence-electron chi connectivity index (χ1n) is 6.67. The predicted octanol–water partition coefficient (Wildman–Crippen LogP) is 2.99. The lowest BCUT2D eigenvalue weighted by Crippen LogP contribution is -2.11. The van der Waals surface area contributed by atoms with Gasteiger partial charge in [0.1, 0.15) is 0 Å². The van der Waals surface area contributed by atoms with Gasteiger partial charge in [-0.3, -0.25) is 4.79 Å². The molecule has 0 saturated heterocycles. The number of esters is 1. The molecule has 0 bridgehead atoms. The largest absolute Gasteiger partial charge is 0.465 e. The maximum atomic E-state index is 12.4. The fraction of sp³-hybridized carbons (Fsp3) is 0.176. The number of carbonyl (C=O) groups excluding carboxylic acids is 2. The van der Waals surface area contributed by atoms with Crippen LogP contribution in [0.5, 0.6) is 0 Å². The van der Waals surface area contributed by atoms with Gasteiger partial charge in [0, 0.05) is 22.6 Å². The third-order valence-corrected chi connectivity index (χ3v) is 3.00. The number of aliphatic hydroxyl groups excluding tert-OH is 1. The highest BCUT2D eigenvalue weighted by Gasteiger charge is 2.18. The highest BCUT2D eigenvalue weighted by Crippen LogP contribution is 2.17. The van der Waals surface area contributed by atoms with Crippen molar-refractivity contribution in [1.29, 1.82) is 0 Å². The van der Waals surface area contributed by atoms with E-state index in [-0.39, 0.29) is 18.0 Å². The molecule has 0 fully saturated rings. The molecule has 22 heavy (non-hydrogen) atoms. The number of ketones is 1. The molecule has 0 aliphatic heterocycles. The van der Waals surface area contributed by atoms with Crippen LogP contribution in [0.4, 0.5) is 0 Å². The Kier molecular flexibility index (Phi) is 7.36. The summed E-state index contributed by atoms with van der Waals surface area (Å²) >= 11 is 4.17. The van der Waals surface area contributed by atoms with E-state index in [4.69, 9.17) is 5.11 Å². The molecule has 116 valence electrons. The number of ether oxygens (including phenoxy) is 1. The van der Waals surface area contributed by atoms with Gasteiger partial charge >= 0.3 is 5.97 Å². The van der Waals surface area contributed by atoms with Crippen LogP contribution < -0.4 is 0 Å². The summed E-state index contributed by atoms with van der Waals surface area (Å²) in [6, 6.07) is 13.4. The minimum atomic E-state index is -0.519. The van der Waals surface area contributed by atoms with Crippen molar-refractivity contribution in [3.63, 3.8) is 0 Å². The van der Waals surface area contributed by atoms with Crippen LogP contribution in [0.25, 0.3) is 0 Å². The fourth-order valence-electron chi connectivity index (χ4n) is 1.74. The van der Waals surface area contributed by atoms with Gasteiger partial charge in [0.2, 0.25) is 0 Å². The third-order valence-electron chi connectivity index (χ3n) is 2.71. The van der Waals surface area contributed by atoms with Gasteiger partial charge < -0.3 is 9.84 Å². The molecule has 0 heterocycles. The van der Waals surface area contributed by atoms with Gasteiger partial charge in [0.05, 0.1) is 12.7 Å². The standard InChI is InChI=1S/C15H12O3S.C2H6O/c1-18-15(17)13-5-3-2-4-12(13)14(16)10-6-8-11(19)9-7-10;1-2-3/h2-9,19H,1H3;3H,2H2,1H3. The van der Waals surface area contributed by atoms with E-state index in [1.165, 1.54) is 7.11 Å². The number of benzene rings is 2. The summed E-state index contributed by atoms with van der Waals surface area (Å²) in [5.41, 5.74) is 1.11. The number of carbonyl (C=O) groups is 2. The summed E-state index contributed by atoms with van der Waals surface area (Å²) in [7, 11) is 1.29. The second kappa shape index (κ2) is 9.02. The molecule has 2 aromatic carbocycles. The highest BCUT2D eigenvalue weighted by molar-refractivity contribution is 7.80. The highest BCUT2D eigenvalue weighted by atomic mass is 32.1. The molecule has 5 heteroatoms. The fourth-order valence-corrected chi connectivity index (χ4v) is 1.89. The minimum absolute atomic E-state index is 0.214. The van der Waals surface area contributed by atoms with Crippen LogP contribution in [0.2, 0.25) is 0 Å². The molecule has 0 radical (unpaired) electrons. The maximum Gasteiger partial charge on any atom is 0.338 e. The Morgan fingerprint density at radius 2 is 1.55 bits per heavy atom. The third kappa shape index (κ3) is 4.72. The first-order chi connectivity index (χ1) is 10.5. The summed E-state index contributed by atoms with van der Waals surface area (Å²) in [5.74, 6) is -0.732. The van der Waals surface area contributed by atoms with Gasteiger partial charge in [-0.15, -0.1) is 12.6 Å². The smallest absolute Gasteiger partial charge is 0.338 e. The van der Waals surface area contributed by atoms with Crippen LogP contribution in [0.15, 0.2) is 53.4 Å². The van der Waals surface area contributed by atoms with E-state index >= 15 is 0 Å². The topological polar surface area (TPSA) is 63.6 Å². The van der Waals surface area contributed by atoms with E-state index in [1.807, 2.05) is 0 Å². The lowest BCUT2D eigenvalue weighted by molar-refractivity contribution is 0.0597. The Balaban J connectivity index is 0.000000745. The first-order valence-corrected chi connectivity index (χ1v) is 7.11. The van der Waals surface area contributed by atoms with Gasteiger partial charge in [0.15, 0.2) is 5.78 Å². The lowest BCUT2D eigenvalue weighted by Gasteiger charge is -2.07. The van der Waals surface area contributed by atoms with Gasteiger partial charge in [-0.1, -0.05) is 18.2 Å². The molecular formula is C17H18O4S. The second-order valence-corrected chi connectivity index (χ2v) is 4.75. The van der Waals surface area contributed by atoms with E-state index in [1.54, 1.807) is 55.5 Å². The van der Waals surface area contributed by atoms with Crippen molar-refractivity contribution >= 4 is 24.4 Å². The number of thiol groups is 1. The van der Waals surface area contributed by atoms with Crippen LogP contribution in [-0.2, 0) is 4.74 Å². The van der Waals surface area contributed by atoms with Gasteiger partial charge in [0.25, 0.3) is 0 Å². The lowest BCUT2D eigenvalue weighted by atomic mass is 9.98. The molecule has 2 aromatic rings. The summed E-state index contributed by atoms with van der Waals surface area (Å²) in [4.78, 5) is 24.8. The van der Waals surface area contributed by atoms with Crippen molar-refractivity contribution in [2.45, 2.75) is 11.8 Å². The van der Waals surface area contributed by atoms with Crippen molar-refractivity contribution < 1.29 is 19.4 Å². The summed E-state index contributed by atoms with van der Waals surface area (Å²) in [6.07, 6.45) is 0. The molecule has 0 unspecified atom stereocenters. The van der Waals surface area contributed by atoms with Gasteiger partial charge in [-0.05, 0) is 37.3 Å². The van der Waals surface area contributed by atoms with Crippen LogP contribution in [0.3, 0.4) is 0 Å². The zero-order valence-electron chi connectivity index (χ0n) is 12.4. The Morgan fingerprint density at radius 3 is 2.05 bits per heavy atom. The molecule has 0 aliphatic rings. The molecule has 0 saturated carbocycles. The zero-order valence-corrected chi connectivity index (χ0v) is 13.3. The van der Waals surface area contributed by atoms with E-state index < -0.39 is 5.97 Å². The molecule has 0 spiro atoms. The van der Waals surface area contributed by atoms with Crippen LogP contribution in [0, 0.1) is 0 Å². The minimum Gasteiger partial charge on any atom is -0.465 e. The monoisotopic (exact) mass is 318 g/mol. The SMILES string of the molecule is CCO.COC(=O)c1ccccc1C(=O)c1ccc(S)cc1. The van der Waals surface area contributed by atoms with Crippen molar-refractivity contribution in [1.82, 2.24) is 0 Å². The molecule has 1 N–H and O–H groups in total. The van der Waals surface area contributed by atoms with Crippen molar-refractivity contribution in [3.05, 3.63) is 65.2 Å². The normalized spacial score (nSPS) is 9.45. The summed E-state index contributed by atoms with van der Waals surface area (Å²) in [6.45, 7) is 1.93. The molecular weight excluding hydrogens is 300 g/mol. The summed E-state index contributed by atoms with van der Waals surface area (Å²) in [5, 5.41) is 7.57. The van der Waals surface area contributed by atoms with Crippen molar-refractivity contribution in [2.24, 2.45) is 0 Å². The molecule has 2 rings (SSSR count). The first kappa shape index (κ1) is 17.9. The quantitative estimate of drug-likeness (QED) is 0.519. The van der Waals surface area contributed by atoms with E-state index in [0.29, 0.717) is 11.1 Å². The number of hydrogen-bond acceptors (Lipinski definition) is 5. The molecule has 0 atom stereocenters. The van der Waals surface area contributed by atoms with Gasteiger partial charge in [-0.2, -0.15) is 0 Å². The van der Waals surface area contributed by atoms with Gasteiger partial charge in [-0.25, -0.2) is 4.79 Å². The van der Waals surface area contributed by atoms with E-state index in [2.05, 4.69) is 17.4 Å². The maximum absolute atomic E-state index is 12.4.